The molecule has 0 rings (SSSR count). The molecule has 6 nitrogen and oxygen atoms in total. The van der Waals surface area contributed by atoms with Gasteiger partial charge in [-0.1, -0.05) is 13.3 Å². The summed E-state index contributed by atoms with van der Waals surface area (Å²) >= 11 is 0. The summed E-state index contributed by atoms with van der Waals surface area (Å²) in [5.41, 5.74) is -2.14. The second-order valence-corrected chi connectivity index (χ2v) is 8.45. The lowest BCUT2D eigenvalue weighted by Crippen LogP contribution is -2.60. The van der Waals surface area contributed by atoms with Gasteiger partial charge in [-0.25, -0.2) is 4.79 Å². The third-order valence-electron chi connectivity index (χ3n) is 4.34. The van der Waals surface area contributed by atoms with Crippen molar-refractivity contribution in [2.24, 2.45) is 5.41 Å². The maximum absolute atomic E-state index is 12.6. The summed E-state index contributed by atoms with van der Waals surface area (Å²) in [5.74, 6) is -0.109. The number of rotatable bonds is 10. The molecule has 6 heteroatoms. The minimum Gasteiger partial charge on any atom is -0.444 e. The summed E-state index contributed by atoms with van der Waals surface area (Å²) in [5, 5.41) is 5.74. The van der Waals surface area contributed by atoms with Gasteiger partial charge in [0.15, 0.2) is 0 Å². The van der Waals surface area contributed by atoms with Crippen molar-refractivity contribution < 1.29 is 19.1 Å². The third-order valence-corrected chi connectivity index (χ3v) is 4.34. The zero-order valence-electron chi connectivity index (χ0n) is 17.4. The van der Waals surface area contributed by atoms with E-state index in [-0.39, 0.29) is 5.91 Å². The minimum absolute atomic E-state index is 0.109. The van der Waals surface area contributed by atoms with Gasteiger partial charge in [0, 0.05) is 19.8 Å². The van der Waals surface area contributed by atoms with E-state index in [0.717, 1.165) is 25.9 Å². The molecule has 0 saturated carbocycles. The molecule has 0 aromatic heterocycles. The van der Waals surface area contributed by atoms with Crippen LogP contribution in [0.3, 0.4) is 0 Å². The monoisotopic (exact) mass is 358 g/mol. The van der Waals surface area contributed by atoms with Gasteiger partial charge in [0.05, 0.1) is 11.0 Å². The summed E-state index contributed by atoms with van der Waals surface area (Å²) in [6.45, 7) is 16.8. The van der Waals surface area contributed by atoms with Crippen molar-refractivity contribution in [3.63, 3.8) is 0 Å². The average Bonchev–Trinajstić information content (AvgIpc) is 2.43. The number of carbonyl (C=O) groups is 2. The second-order valence-electron chi connectivity index (χ2n) is 8.45. The summed E-state index contributed by atoms with van der Waals surface area (Å²) in [6.07, 6.45) is 2.42. The first-order valence-electron chi connectivity index (χ1n) is 9.20. The zero-order chi connectivity index (χ0) is 19.7. The predicted octanol–water partition coefficient (Wildman–Crippen LogP) is 3.64. The zero-order valence-corrected chi connectivity index (χ0v) is 17.4. The molecule has 0 aromatic rings. The van der Waals surface area contributed by atoms with Gasteiger partial charge in [-0.15, -0.1) is 0 Å². The molecule has 0 aliphatic rings. The number of carbonyl (C=O) groups excluding carboxylic acids is 2. The number of nitrogens with one attached hydrogen (secondary N) is 2. The quantitative estimate of drug-likeness (QED) is 0.585. The number of ether oxygens (including phenoxy) is 2. The Bertz CT molecular complexity index is 426. The highest BCUT2D eigenvalue weighted by atomic mass is 16.6. The van der Waals surface area contributed by atoms with Crippen molar-refractivity contribution in [2.75, 3.05) is 19.8 Å². The lowest BCUT2D eigenvalue weighted by Gasteiger charge is -2.41. The number of unbranched alkanes of at least 4 members (excludes halogenated alkanes) is 1. The van der Waals surface area contributed by atoms with Gasteiger partial charge in [-0.3, -0.25) is 4.79 Å². The molecule has 0 heterocycles. The first kappa shape index (κ1) is 23.7. The van der Waals surface area contributed by atoms with Crippen LogP contribution < -0.4 is 10.6 Å². The van der Waals surface area contributed by atoms with Crippen molar-refractivity contribution in [3.05, 3.63) is 0 Å². The SMILES string of the molecule is CCCCOCCCNC(=O)C(C)(C)C(C)(C)NC(=O)OC(C)(C)C. The van der Waals surface area contributed by atoms with Gasteiger partial charge in [0.25, 0.3) is 0 Å². The van der Waals surface area contributed by atoms with Crippen molar-refractivity contribution in [1.29, 1.82) is 0 Å². The molecular weight excluding hydrogens is 320 g/mol. The van der Waals surface area contributed by atoms with E-state index in [0.29, 0.717) is 13.2 Å². The van der Waals surface area contributed by atoms with E-state index in [1.165, 1.54) is 0 Å². The van der Waals surface area contributed by atoms with Crippen molar-refractivity contribution in [3.8, 4) is 0 Å². The fourth-order valence-corrected chi connectivity index (χ4v) is 1.94. The Kier molecular flexibility index (Phi) is 9.48. The van der Waals surface area contributed by atoms with Crippen LogP contribution in [0.15, 0.2) is 0 Å². The predicted molar refractivity (Wildman–Crippen MR) is 101 cm³/mol. The lowest BCUT2D eigenvalue weighted by molar-refractivity contribution is -0.133. The first-order valence-corrected chi connectivity index (χ1v) is 9.20. The smallest absolute Gasteiger partial charge is 0.408 e. The van der Waals surface area contributed by atoms with Gasteiger partial charge < -0.3 is 20.1 Å². The molecule has 0 aromatic carbocycles. The Morgan fingerprint density at radius 1 is 0.920 bits per heavy atom. The second kappa shape index (κ2) is 10.00. The molecule has 25 heavy (non-hydrogen) atoms. The molecule has 0 radical (unpaired) electrons. The Labute approximate surface area is 153 Å². The standard InChI is InChI=1S/C19H38N2O4/c1-9-10-13-24-14-11-12-20-15(22)18(5,6)19(7,8)21-16(23)25-17(2,3)4/h9-14H2,1-8H3,(H,20,22)(H,21,23). The van der Waals surface area contributed by atoms with Crippen LogP contribution in [-0.2, 0) is 14.3 Å². The van der Waals surface area contributed by atoms with E-state index in [2.05, 4.69) is 17.6 Å². The normalized spacial score (nSPS) is 12.6. The van der Waals surface area contributed by atoms with E-state index in [9.17, 15) is 9.59 Å². The van der Waals surface area contributed by atoms with Crippen molar-refractivity contribution in [1.82, 2.24) is 10.6 Å². The van der Waals surface area contributed by atoms with E-state index >= 15 is 0 Å². The van der Waals surface area contributed by atoms with Crippen molar-refractivity contribution in [2.45, 2.75) is 85.8 Å². The Hall–Kier alpha value is -1.30. The van der Waals surface area contributed by atoms with Crippen LogP contribution in [0.5, 0.6) is 0 Å². The Morgan fingerprint density at radius 3 is 2.00 bits per heavy atom. The van der Waals surface area contributed by atoms with Gasteiger partial charge in [0.2, 0.25) is 5.91 Å². The summed E-state index contributed by atoms with van der Waals surface area (Å²) < 4.78 is 10.8. The maximum Gasteiger partial charge on any atom is 0.408 e. The highest BCUT2D eigenvalue weighted by Crippen LogP contribution is 2.31. The molecule has 2 N–H and O–H groups in total. The van der Waals surface area contributed by atoms with Crippen LogP contribution in [0.1, 0.15) is 74.7 Å². The van der Waals surface area contributed by atoms with Crippen LogP contribution in [0, 0.1) is 5.41 Å². The number of hydrogen-bond donors (Lipinski definition) is 2. The maximum atomic E-state index is 12.6. The molecule has 0 spiro atoms. The van der Waals surface area contributed by atoms with Crippen LogP contribution in [-0.4, -0.2) is 42.9 Å². The van der Waals surface area contributed by atoms with Crippen LogP contribution in [0.2, 0.25) is 0 Å². The Morgan fingerprint density at radius 2 is 1.48 bits per heavy atom. The molecule has 0 aliphatic carbocycles. The molecule has 0 atom stereocenters. The van der Waals surface area contributed by atoms with E-state index in [1.807, 2.05) is 27.7 Å². The van der Waals surface area contributed by atoms with Gasteiger partial charge in [-0.2, -0.15) is 0 Å². The average molecular weight is 359 g/mol. The lowest BCUT2D eigenvalue weighted by atomic mass is 9.73. The van der Waals surface area contributed by atoms with Gasteiger partial charge >= 0.3 is 6.09 Å². The van der Waals surface area contributed by atoms with Crippen LogP contribution >= 0.6 is 0 Å². The van der Waals surface area contributed by atoms with E-state index < -0.39 is 22.6 Å². The Balaban J connectivity index is 4.44. The van der Waals surface area contributed by atoms with Crippen molar-refractivity contribution >= 4 is 12.0 Å². The fraction of sp³-hybridized carbons (Fsp3) is 0.895. The fourth-order valence-electron chi connectivity index (χ4n) is 1.94. The van der Waals surface area contributed by atoms with Crippen LogP contribution in [0.4, 0.5) is 4.79 Å². The van der Waals surface area contributed by atoms with E-state index in [4.69, 9.17) is 9.47 Å². The number of alkyl carbamates (subject to hydrolysis) is 1. The first-order chi connectivity index (χ1) is 11.3. The van der Waals surface area contributed by atoms with Gasteiger partial charge in [-0.05, 0) is 61.3 Å². The molecule has 0 fully saturated rings. The highest BCUT2D eigenvalue weighted by molar-refractivity contribution is 5.84. The van der Waals surface area contributed by atoms with E-state index in [1.54, 1.807) is 20.8 Å². The minimum atomic E-state index is -0.799. The molecule has 0 saturated heterocycles. The highest BCUT2D eigenvalue weighted by Gasteiger charge is 2.44. The summed E-state index contributed by atoms with van der Waals surface area (Å²) in [6, 6.07) is 0. The largest absolute Gasteiger partial charge is 0.444 e. The molecule has 148 valence electrons. The van der Waals surface area contributed by atoms with Gasteiger partial charge in [0.1, 0.15) is 5.60 Å². The molecule has 2 amide bonds. The third kappa shape index (κ3) is 9.10. The summed E-state index contributed by atoms with van der Waals surface area (Å²) in [4.78, 5) is 24.6. The molecule has 0 aliphatic heterocycles. The topological polar surface area (TPSA) is 76.7 Å². The molecular formula is C19H38N2O4. The molecule has 0 bridgehead atoms. The molecule has 0 unspecified atom stereocenters. The number of amides is 2. The summed E-state index contributed by atoms with van der Waals surface area (Å²) in [7, 11) is 0. The number of hydrogen-bond acceptors (Lipinski definition) is 4. The van der Waals surface area contributed by atoms with Crippen LogP contribution in [0.25, 0.3) is 0 Å².